The van der Waals surface area contributed by atoms with Crippen molar-refractivity contribution in [2.24, 2.45) is 0 Å². The van der Waals surface area contributed by atoms with E-state index in [2.05, 4.69) is 5.32 Å². The summed E-state index contributed by atoms with van der Waals surface area (Å²) in [6.45, 7) is 1.50. The van der Waals surface area contributed by atoms with E-state index in [0.29, 0.717) is 19.8 Å². The smallest absolute Gasteiger partial charge is 0.337 e. The lowest BCUT2D eigenvalue weighted by Crippen LogP contribution is -2.35. The van der Waals surface area contributed by atoms with E-state index in [-0.39, 0.29) is 22.9 Å². The Morgan fingerprint density at radius 3 is 2.94 bits per heavy atom. The predicted molar refractivity (Wildman–Crippen MR) is 59.3 cm³/mol. The van der Waals surface area contributed by atoms with Gasteiger partial charge in [0, 0.05) is 17.8 Å². The summed E-state index contributed by atoms with van der Waals surface area (Å²) >= 11 is 0. The van der Waals surface area contributed by atoms with Gasteiger partial charge in [-0.25, -0.2) is 9.18 Å². The van der Waals surface area contributed by atoms with Gasteiger partial charge in [-0.1, -0.05) is 0 Å². The van der Waals surface area contributed by atoms with Crippen LogP contribution in [0.4, 0.5) is 10.1 Å². The van der Waals surface area contributed by atoms with Crippen molar-refractivity contribution in [3.63, 3.8) is 0 Å². The average molecular weight is 240 g/mol. The zero-order valence-electron chi connectivity index (χ0n) is 9.07. The molecule has 1 aromatic carbocycles. The molecule has 6 heteroatoms. The molecule has 0 unspecified atom stereocenters. The van der Waals surface area contributed by atoms with Gasteiger partial charge in [0.1, 0.15) is 5.82 Å². The standard InChI is InChI=1S/C11H13FN2O3/c12-8-4-9(13)7(11(15)16)3-6(8)10-5-17-2-1-14-10/h3-4,10,14H,1-2,5,13H2,(H,15,16)/t10-/m0/s1. The van der Waals surface area contributed by atoms with Crippen LogP contribution in [0.5, 0.6) is 0 Å². The summed E-state index contributed by atoms with van der Waals surface area (Å²) in [6, 6.07) is 1.97. The third-order valence-electron chi connectivity index (χ3n) is 2.70. The van der Waals surface area contributed by atoms with Crippen LogP contribution in [0, 0.1) is 5.82 Å². The van der Waals surface area contributed by atoms with Gasteiger partial charge in [0.05, 0.1) is 24.8 Å². The molecule has 5 nitrogen and oxygen atoms in total. The molecule has 1 aromatic rings. The van der Waals surface area contributed by atoms with E-state index in [4.69, 9.17) is 15.6 Å². The highest BCUT2D eigenvalue weighted by Crippen LogP contribution is 2.24. The summed E-state index contributed by atoms with van der Waals surface area (Å²) in [7, 11) is 0. The van der Waals surface area contributed by atoms with Crippen molar-refractivity contribution in [2.45, 2.75) is 6.04 Å². The van der Waals surface area contributed by atoms with E-state index in [1.165, 1.54) is 6.07 Å². The first-order valence-electron chi connectivity index (χ1n) is 5.23. The monoisotopic (exact) mass is 240 g/mol. The Bertz CT molecular complexity index is 445. The molecule has 1 atom stereocenters. The van der Waals surface area contributed by atoms with Crippen molar-refractivity contribution in [2.75, 3.05) is 25.5 Å². The van der Waals surface area contributed by atoms with Crippen LogP contribution >= 0.6 is 0 Å². The third-order valence-corrected chi connectivity index (χ3v) is 2.70. The third kappa shape index (κ3) is 2.37. The van der Waals surface area contributed by atoms with Crippen molar-refractivity contribution in [1.82, 2.24) is 5.32 Å². The summed E-state index contributed by atoms with van der Waals surface area (Å²) < 4.78 is 18.9. The fourth-order valence-corrected chi connectivity index (χ4v) is 1.82. The Labute approximate surface area is 97.4 Å². The number of carbonyl (C=O) groups is 1. The van der Waals surface area contributed by atoms with Crippen LogP contribution in [0.3, 0.4) is 0 Å². The number of carboxylic acid groups (broad SMARTS) is 1. The number of anilines is 1. The van der Waals surface area contributed by atoms with Gasteiger partial charge < -0.3 is 20.9 Å². The maximum atomic E-state index is 13.7. The highest BCUT2D eigenvalue weighted by atomic mass is 19.1. The Hall–Kier alpha value is -1.66. The molecule has 0 aromatic heterocycles. The van der Waals surface area contributed by atoms with Gasteiger partial charge in [0.25, 0.3) is 0 Å². The number of nitrogens with one attached hydrogen (secondary N) is 1. The summed E-state index contributed by atoms with van der Waals surface area (Å²) in [5.41, 5.74) is 5.56. The predicted octanol–water partition coefficient (Wildman–Crippen LogP) is 0.767. The molecule has 17 heavy (non-hydrogen) atoms. The average Bonchev–Trinajstić information content (AvgIpc) is 2.29. The number of nitrogens with two attached hydrogens (primary N) is 1. The molecule has 1 fully saturated rings. The Balaban J connectivity index is 2.38. The second kappa shape index (κ2) is 4.68. The number of benzene rings is 1. The van der Waals surface area contributed by atoms with E-state index < -0.39 is 11.8 Å². The maximum absolute atomic E-state index is 13.7. The van der Waals surface area contributed by atoms with Gasteiger partial charge in [-0.2, -0.15) is 0 Å². The molecule has 2 rings (SSSR count). The molecule has 0 spiro atoms. The summed E-state index contributed by atoms with van der Waals surface area (Å²) in [5.74, 6) is -1.68. The molecule has 0 aliphatic carbocycles. The van der Waals surface area contributed by atoms with Crippen LogP contribution in [0.2, 0.25) is 0 Å². The summed E-state index contributed by atoms with van der Waals surface area (Å²) in [6.07, 6.45) is 0. The van der Waals surface area contributed by atoms with Gasteiger partial charge >= 0.3 is 5.97 Å². The minimum atomic E-state index is -1.17. The highest BCUT2D eigenvalue weighted by molar-refractivity contribution is 5.93. The van der Waals surface area contributed by atoms with E-state index >= 15 is 0 Å². The molecule has 1 aliphatic rings. The normalized spacial score (nSPS) is 20.2. The van der Waals surface area contributed by atoms with Gasteiger partial charge in [-0.3, -0.25) is 0 Å². The van der Waals surface area contributed by atoms with Gasteiger partial charge in [0.2, 0.25) is 0 Å². The van der Waals surface area contributed by atoms with Crippen LogP contribution in [-0.2, 0) is 4.74 Å². The number of hydrogen-bond acceptors (Lipinski definition) is 4. The zero-order chi connectivity index (χ0) is 12.4. The molecular formula is C11H13FN2O3. The van der Waals surface area contributed by atoms with Crippen LogP contribution in [0.1, 0.15) is 22.0 Å². The minimum Gasteiger partial charge on any atom is -0.478 e. The molecule has 4 N–H and O–H groups in total. The lowest BCUT2D eigenvalue weighted by molar-refractivity contribution is 0.0693. The number of rotatable bonds is 2. The van der Waals surface area contributed by atoms with Gasteiger partial charge in [-0.15, -0.1) is 0 Å². The van der Waals surface area contributed by atoms with Crippen LogP contribution in [0.15, 0.2) is 12.1 Å². The van der Waals surface area contributed by atoms with Crippen LogP contribution in [-0.4, -0.2) is 30.8 Å². The number of halogens is 1. The van der Waals surface area contributed by atoms with E-state index in [1.807, 2.05) is 0 Å². The molecule has 0 saturated carbocycles. The largest absolute Gasteiger partial charge is 0.478 e. The number of hydrogen-bond donors (Lipinski definition) is 3. The van der Waals surface area contributed by atoms with Crippen LogP contribution in [0.25, 0.3) is 0 Å². The molecule has 92 valence electrons. The van der Waals surface area contributed by atoms with Crippen molar-refractivity contribution in [1.29, 1.82) is 0 Å². The molecule has 0 amide bonds. The molecule has 1 heterocycles. The zero-order valence-corrected chi connectivity index (χ0v) is 9.07. The summed E-state index contributed by atoms with van der Waals surface area (Å²) in [5, 5.41) is 12.0. The number of nitrogen functional groups attached to an aromatic ring is 1. The molecule has 1 aliphatic heterocycles. The van der Waals surface area contributed by atoms with Gasteiger partial charge in [-0.05, 0) is 12.1 Å². The van der Waals surface area contributed by atoms with Gasteiger partial charge in [0.15, 0.2) is 0 Å². The fraction of sp³-hybridized carbons (Fsp3) is 0.364. The summed E-state index contributed by atoms with van der Waals surface area (Å²) in [4.78, 5) is 10.9. The second-order valence-corrected chi connectivity index (χ2v) is 3.85. The lowest BCUT2D eigenvalue weighted by Gasteiger charge is -2.25. The first-order valence-corrected chi connectivity index (χ1v) is 5.23. The number of morpholine rings is 1. The Kier molecular flexibility index (Phi) is 3.26. The molecular weight excluding hydrogens is 227 g/mol. The van der Waals surface area contributed by atoms with Crippen molar-refractivity contribution in [3.8, 4) is 0 Å². The highest BCUT2D eigenvalue weighted by Gasteiger charge is 2.21. The Morgan fingerprint density at radius 1 is 1.59 bits per heavy atom. The fourth-order valence-electron chi connectivity index (χ4n) is 1.82. The maximum Gasteiger partial charge on any atom is 0.337 e. The van der Waals surface area contributed by atoms with Crippen molar-refractivity contribution in [3.05, 3.63) is 29.1 Å². The first kappa shape index (κ1) is 11.8. The van der Waals surface area contributed by atoms with E-state index in [0.717, 1.165) is 6.07 Å². The Morgan fingerprint density at radius 2 is 2.35 bits per heavy atom. The number of ether oxygens (including phenoxy) is 1. The molecule has 0 radical (unpaired) electrons. The number of carboxylic acids is 1. The molecule has 0 bridgehead atoms. The quantitative estimate of drug-likeness (QED) is 0.665. The van der Waals surface area contributed by atoms with Crippen molar-refractivity contribution < 1.29 is 19.0 Å². The van der Waals surface area contributed by atoms with E-state index in [1.54, 1.807) is 0 Å². The van der Waals surface area contributed by atoms with Crippen LogP contribution < -0.4 is 11.1 Å². The van der Waals surface area contributed by atoms with E-state index in [9.17, 15) is 9.18 Å². The lowest BCUT2D eigenvalue weighted by atomic mass is 10.0. The second-order valence-electron chi connectivity index (χ2n) is 3.85. The molecule has 1 saturated heterocycles. The topological polar surface area (TPSA) is 84.6 Å². The number of aromatic carboxylic acids is 1. The SMILES string of the molecule is Nc1cc(F)c([C@@H]2COCCN2)cc1C(=O)O. The minimum absolute atomic E-state index is 0.0736. The van der Waals surface area contributed by atoms with Crippen molar-refractivity contribution >= 4 is 11.7 Å². The first-order chi connectivity index (χ1) is 8.09.